The van der Waals surface area contributed by atoms with Gasteiger partial charge >= 0.3 is 0 Å². The molecule has 2 aromatic carbocycles. The smallest absolute Gasteiger partial charge is 0.269 e. The summed E-state index contributed by atoms with van der Waals surface area (Å²) in [5, 5.41) is 11.7. The number of rotatable bonds is 5. The zero-order valence-corrected chi connectivity index (χ0v) is 15.1. The first kappa shape index (κ1) is 17.6. The van der Waals surface area contributed by atoms with E-state index in [-0.39, 0.29) is 34.4 Å². The molecule has 0 saturated carbocycles. The maximum atomic E-state index is 12.7. The number of methoxy groups -OCH3 is 1. The Labute approximate surface area is 158 Å². The molecule has 0 bridgehead atoms. The predicted molar refractivity (Wildman–Crippen MR) is 101 cm³/mol. The van der Waals surface area contributed by atoms with Crippen LogP contribution in [0.15, 0.2) is 56.3 Å². The Morgan fingerprint density at radius 2 is 1.96 bits per heavy atom. The van der Waals surface area contributed by atoms with Crippen LogP contribution in [0.3, 0.4) is 0 Å². The highest BCUT2D eigenvalue weighted by molar-refractivity contribution is 6.06. The molecule has 0 fully saturated rings. The third-order valence-corrected chi connectivity index (χ3v) is 4.33. The zero-order valence-electron chi connectivity index (χ0n) is 15.1. The number of non-ortho nitro benzene ring substituents is 1. The number of benzene rings is 2. The van der Waals surface area contributed by atoms with Crippen molar-refractivity contribution in [3.05, 3.63) is 74.3 Å². The van der Waals surface area contributed by atoms with Gasteiger partial charge in [0, 0.05) is 18.2 Å². The molecule has 4 rings (SSSR count). The lowest BCUT2D eigenvalue weighted by Crippen LogP contribution is -2.06. The van der Waals surface area contributed by atoms with E-state index in [1.165, 1.54) is 31.6 Å². The van der Waals surface area contributed by atoms with E-state index in [4.69, 9.17) is 18.3 Å². The first-order chi connectivity index (χ1) is 13.5. The van der Waals surface area contributed by atoms with Gasteiger partial charge in [0.25, 0.3) is 5.69 Å². The molecule has 8 nitrogen and oxygen atoms in total. The van der Waals surface area contributed by atoms with Crippen LogP contribution < -0.4 is 14.9 Å². The third kappa shape index (κ3) is 2.84. The van der Waals surface area contributed by atoms with E-state index in [9.17, 15) is 14.9 Å². The van der Waals surface area contributed by atoms with Gasteiger partial charge in [-0.2, -0.15) is 0 Å². The fourth-order valence-electron chi connectivity index (χ4n) is 3.14. The Morgan fingerprint density at radius 1 is 1.14 bits per heavy atom. The van der Waals surface area contributed by atoms with Gasteiger partial charge in [-0.1, -0.05) is 12.1 Å². The molecule has 0 spiro atoms. The molecule has 2 aromatic heterocycles. The van der Waals surface area contributed by atoms with Gasteiger partial charge in [0.2, 0.25) is 5.75 Å². The molecule has 142 valence electrons. The van der Waals surface area contributed by atoms with Gasteiger partial charge in [-0.25, -0.2) is 0 Å². The second-order valence-electron chi connectivity index (χ2n) is 6.17. The molecule has 0 aliphatic carbocycles. The minimum Gasteiger partial charge on any atom is -0.490 e. The summed E-state index contributed by atoms with van der Waals surface area (Å²) in [5.74, 6) is 1.00. The van der Waals surface area contributed by atoms with Crippen LogP contribution in [0.25, 0.3) is 21.9 Å². The summed E-state index contributed by atoms with van der Waals surface area (Å²) in [7, 11) is 1.46. The van der Waals surface area contributed by atoms with Crippen LogP contribution in [0, 0.1) is 17.0 Å². The van der Waals surface area contributed by atoms with Crippen molar-refractivity contribution in [3.63, 3.8) is 0 Å². The van der Waals surface area contributed by atoms with Gasteiger partial charge in [-0.15, -0.1) is 0 Å². The highest BCUT2D eigenvalue weighted by Gasteiger charge is 2.23. The standard InChI is InChI=1S/C20H15NO7/c1-11-8-15(22)16-17(27-10-12-4-3-5-13(9-12)21(23)24)14-6-7-26-18(14)20(25-2)19(16)28-11/h3-9H,10H2,1-2H3. The van der Waals surface area contributed by atoms with E-state index in [1.54, 1.807) is 25.1 Å². The molecule has 28 heavy (non-hydrogen) atoms. The van der Waals surface area contributed by atoms with Crippen LogP contribution in [0.5, 0.6) is 11.5 Å². The highest BCUT2D eigenvalue weighted by atomic mass is 16.6. The average molecular weight is 381 g/mol. The summed E-state index contributed by atoms with van der Waals surface area (Å²) in [6, 6.07) is 9.14. The molecular weight excluding hydrogens is 366 g/mol. The number of hydrogen-bond donors (Lipinski definition) is 0. The summed E-state index contributed by atoms with van der Waals surface area (Å²) in [6.07, 6.45) is 1.46. The van der Waals surface area contributed by atoms with Crippen LogP contribution in [0.2, 0.25) is 0 Å². The van der Waals surface area contributed by atoms with E-state index in [0.717, 1.165) is 0 Å². The maximum absolute atomic E-state index is 12.7. The van der Waals surface area contributed by atoms with Crippen molar-refractivity contribution < 1.29 is 23.2 Å². The average Bonchev–Trinajstić information content (AvgIpc) is 3.14. The number of hydrogen-bond acceptors (Lipinski definition) is 7. The lowest BCUT2D eigenvalue weighted by Gasteiger charge is -2.13. The number of nitro benzene ring substituents is 1. The van der Waals surface area contributed by atoms with Gasteiger partial charge in [0.15, 0.2) is 16.6 Å². The van der Waals surface area contributed by atoms with E-state index in [0.29, 0.717) is 28.0 Å². The zero-order chi connectivity index (χ0) is 19.8. The van der Waals surface area contributed by atoms with Gasteiger partial charge < -0.3 is 18.3 Å². The minimum atomic E-state index is -0.474. The summed E-state index contributed by atoms with van der Waals surface area (Å²) in [5.41, 5.74) is 0.881. The molecule has 8 heteroatoms. The molecule has 0 radical (unpaired) electrons. The minimum absolute atomic E-state index is 0.0245. The van der Waals surface area contributed by atoms with Crippen molar-refractivity contribution in [2.45, 2.75) is 13.5 Å². The Kier molecular flexibility index (Phi) is 4.23. The topological polar surface area (TPSA) is 105 Å². The van der Waals surface area contributed by atoms with Crippen LogP contribution in [0.4, 0.5) is 5.69 Å². The van der Waals surface area contributed by atoms with Crippen molar-refractivity contribution in [3.8, 4) is 11.5 Å². The van der Waals surface area contributed by atoms with Gasteiger partial charge in [-0.3, -0.25) is 14.9 Å². The molecule has 0 aliphatic heterocycles. The normalized spacial score (nSPS) is 11.1. The lowest BCUT2D eigenvalue weighted by molar-refractivity contribution is -0.384. The van der Waals surface area contributed by atoms with Crippen molar-refractivity contribution in [1.29, 1.82) is 0 Å². The summed E-state index contributed by atoms with van der Waals surface area (Å²) >= 11 is 0. The Balaban J connectivity index is 1.88. The molecule has 0 amide bonds. The van der Waals surface area contributed by atoms with Crippen LogP contribution in [-0.4, -0.2) is 12.0 Å². The van der Waals surface area contributed by atoms with Gasteiger partial charge in [-0.05, 0) is 18.6 Å². The fourth-order valence-corrected chi connectivity index (χ4v) is 3.14. The number of aryl methyl sites for hydroxylation is 1. The number of furan rings is 1. The Bertz CT molecular complexity index is 1270. The van der Waals surface area contributed by atoms with E-state index in [1.807, 2.05) is 0 Å². The summed E-state index contributed by atoms with van der Waals surface area (Å²) in [4.78, 5) is 23.2. The van der Waals surface area contributed by atoms with E-state index < -0.39 is 4.92 Å². The molecule has 0 aliphatic rings. The fraction of sp³-hybridized carbons (Fsp3) is 0.150. The molecule has 0 N–H and O–H groups in total. The van der Waals surface area contributed by atoms with Gasteiger partial charge in [0.1, 0.15) is 23.5 Å². The monoisotopic (exact) mass is 381 g/mol. The van der Waals surface area contributed by atoms with Crippen molar-refractivity contribution in [2.24, 2.45) is 0 Å². The summed E-state index contributed by atoms with van der Waals surface area (Å²) < 4.78 is 22.6. The second-order valence-corrected chi connectivity index (χ2v) is 6.17. The first-order valence-corrected chi connectivity index (χ1v) is 8.37. The quantitative estimate of drug-likeness (QED) is 0.374. The lowest BCUT2D eigenvalue weighted by atomic mass is 10.1. The molecular formula is C20H15NO7. The highest BCUT2D eigenvalue weighted by Crippen LogP contribution is 2.42. The van der Waals surface area contributed by atoms with Crippen LogP contribution in [-0.2, 0) is 6.61 Å². The number of ether oxygens (including phenoxy) is 2. The first-order valence-electron chi connectivity index (χ1n) is 8.37. The van der Waals surface area contributed by atoms with Crippen molar-refractivity contribution in [1.82, 2.24) is 0 Å². The van der Waals surface area contributed by atoms with E-state index >= 15 is 0 Å². The van der Waals surface area contributed by atoms with Gasteiger partial charge in [0.05, 0.1) is 23.7 Å². The van der Waals surface area contributed by atoms with Crippen LogP contribution >= 0.6 is 0 Å². The maximum Gasteiger partial charge on any atom is 0.269 e. The van der Waals surface area contributed by atoms with Crippen molar-refractivity contribution >= 4 is 27.6 Å². The summed E-state index contributed by atoms with van der Waals surface area (Å²) in [6.45, 7) is 1.69. The largest absolute Gasteiger partial charge is 0.490 e. The third-order valence-electron chi connectivity index (χ3n) is 4.33. The Hall–Kier alpha value is -3.81. The Morgan fingerprint density at radius 3 is 2.71 bits per heavy atom. The second kappa shape index (κ2) is 6.73. The van der Waals surface area contributed by atoms with Crippen LogP contribution in [0.1, 0.15) is 11.3 Å². The number of nitrogens with zero attached hydrogens (tertiary/aromatic N) is 1. The number of fused-ring (bicyclic) bond motifs is 2. The molecule has 0 atom stereocenters. The van der Waals surface area contributed by atoms with Crippen molar-refractivity contribution in [2.75, 3.05) is 7.11 Å². The predicted octanol–water partition coefficient (Wildman–Crippen LogP) is 4.34. The molecule has 0 unspecified atom stereocenters. The SMILES string of the molecule is COc1c2occc2c(OCc2cccc([N+](=O)[O-])c2)c2c(=O)cc(C)oc12. The molecule has 4 aromatic rings. The number of nitro groups is 1. The van der Waals surface area contributed by atoms with E-state index in [2.05, 4.69) is 0 Å². The molecule has 0 saturated heterocycles. The molecule has 2 heterocycles.